The average Bonchev–Trinajstić information content (AvgIpc) is 2.15. The van der Waals surface area contributed by atoms with E-state index in [1.165, 1.54) is 19.2 Å². The van der Waals surface area contributed by atoms with Gasteiger partial charge in [0.25, 0.3) is 5.69 Å². The third-order valence-corrected chi connectivity index (χ3v) is 1.89. The fraction of sp³-hybridized carbons (Fsp3) is 0.333. The maximum atomic E-state index is 10.7. The maximum absolute atomic E-state index is 10.7. The van der Waals surface area contributed by atoms with Crippen molar-refractivity contribution in [3.8, 4) is 0 Å². The van der Waals surface area contributed by atoms with E-state index in [-0.39, 0.29) is 11.6 Å². The summed E-state index contributed by atoms with van der Waals surface area (Å²) in [7, 11) is 0. The van der Waals surface area contributed by atoms with Gasteiger partial charge in [0, 0.05) is 13.0 Å². The lowest BCUT2D eigenvalue weighted by molar-refractivity contribution is -0.385. The summed E-state index contributed by atoms with van der Waals surface area (Å²) >= 11 is 0. The highest BCUT2D eigenvalue weighted by molar-refractivity contribution is 5.72. The van der Waals surface area contributed by atoms with Crippen molar-refractivity contribution in [2.75, 3.05) is 0 Å². The lowest BCUT2D eigenvalue weighted by Gasteiger charge is -2.04. The molecule has 0 saturated heterocycles. The highest BCUT2D eigenvalue weighted by atomic mass is 16.6. The predicted molar refractivity (Wildman–Crippen MR) is 53.1 cm³/mol. The van der Waals surface area contributed by atoms with Crippen LogP contribution in [0.25, 0.3) is 0 Å². The zero-order chi connectivity index (χ0) is 11.4. The van der Waals surface area contributed by atoms with E-state index in [0.717, 1.165) is 0 Å². The molecule has 1 rings (SSSR count). The molecule has 0 aliphatic carbocycles. The molecule has 0 unspecified atom stereocenters. The van der Waals surface area contributed by atoms with Crippen molar-refractivity contribution in [2.45, 2.75) is 20.4 Å². The zero-order valence-corrected chi connectivity index (χ0v) is 8.48. The number of aromatic nitrogens is 1. The number of hydrogen-bond acceptors (Lipinski definition) is 4. The van der Waals surface area contributed by atoms with Gasteiger partial charge in [-0.25, -0.2) is 0 Å². The molecule has 0 radical (unpaired) electrons. The van der Waals surface area contributed by atoms with Crippen LogP contribution in [0.4, 0.5) is 5.69 Å². The topological polar surface area (TPSA) is 85.1 Å². The fourth-order valence-corrected chi connectivity index (χ4v) is 1.08. The summed E-state index contributed by atoms with van der Waals surface area (Å²) in [5, 5.41) is 13.0. The molecule has 1 aromatic rings. The van der Waals surface area contributed by atoms with Gasteiger partial charge in [0.05, 0.1) is 17.2 Å². The van der Waals surface area contributed by atoms with E-state index in [1.54, 1.807) is 6.92 Å². The monoisotopic (exact) mass is 209 g/mol. The van der Waals surface area contributed by atoms with E-state index in [9.17, 15) is 14.9 Å². The van der Waals surface area contributed by atoms with Crippen LogP contribution in [0.3, 0.4) is 0 Å². The van der Waals surface area contributed by atoms with Gasteiger partial charge in [0.2, 0.25) is 5.91 Å². The molecule has 15 heavy (non-hydrogen) atoms. The van der Waals surface area contributed by atoms with E-state index in [0.29, 0.717) is 17.8 Å². The Morgan fingerprint density at radius 2 is 2.33 bits per heavy atom. The number of carbonyl (C=O) groups excluding carboxylic acids is 1. The summed E-state index contributed by atoms with van der Waals surface area (Å²) in [6.45, 7) is 3.41. The van der Waals surface area contributed by atoms with Crippen molar-refractivity contribution in [3.63, 3.8) is 0 Å². The Bertz CT molecular complexity index is 404. The SMILES string of the molecule is CC(=O)NCc1ncc([N+](=O)[O-])cc1C. The van der Waals surface area contributed by atoms with Crippen LogP contribution in [0.15, 0.2) is 12.3 Å². The molecular formula is C9H11N3O3. The molecule has 1 heterocycles. The molecule has 0 aliphatic rings. The van der Waals surface area contributed by atoms with E-state index >= 15 is 0 Å². The van der Waals surface area contributed by atoms with Crippen molar-refractivity contribution in [2.24, 2.45) is 0 Å². The second kappa shape index (κ2) is 4.50. The van der Waals surface area contributed by atoms with Gasteiger partial charge in [0.15, 0.2) is 0 Å². The molecule has 0 aliphatic heterocycles. The van der Waals surface area contributed by atoms with Crippen LogP contribution in [0.1, 0.15) is 18.2 Å². The Morgan fingerprint density at radius 1 is 1.67 bits per heavy atom. The largest absolute Gasteiger partial charge is 0.351 e. The Labute approximate surface area is 86.5 Å². The summed E-state index contributed by atoms with van der Waals surface area (Å²) in [4.78, 5) is 24.5. The van der Waals surface area contributed by atoms with Gasteiger partial charge >= 0.3 is 0 Å². The highest BCUT2D eigenvalue weighted by Gasteiger charge is 2.09. The van der Waals surface area contributed by atoms with Gasteiger partial charge in [-0.3, -0.25) is 19.9 Å². The van der Waals surface area contributed by atoms with Crippen LogP contribution < -0.4 is 5.32 Å². The van der Waals surface area contributed by atoms with E-state index in [1.807, 2.05) is 0 Å². The first kappa shape index (κ1) is 11.1. The Morgan fingerprint density at radius 3 is 2.80 bits per heavy atom. The third-order valence-electron chi connectivity index (χ3n) is 1.89. The lowest BCUT2D eigenvalue weighted by atomic mass is 10.2. The highest BCUT2D eigenvalue weighted by Crippen LogP contribution is 2.13. The lowest BCUT2D eigenvalue weighted by Crippen LogP contribution is -2.20. The average molecular weight is 209 g/mol. The summed E-state index contributed by atoms with van der Waals surface area (Å²) in [5.41, 5.74) is 1.29. The number of pyridine rings is 1. The molecule has 80 valence electrons. The van der Waals surface area contributed by atoms with Crippen molar-refractivity contribution in [1.29, 1.82) is 0 Å². The maximum Gasteiger partial charge on any atom is 0.287 e. The minimum atomic E-state index is -0.498. The molecule has 1 N–H and O–H groups in total. The molecule has 0 aromatic carbocycles. The van der Waals surface area contributed by atoms with Crippen molar-refractivity contribution >= 4 is 11.6 Å². The smallest absolute Gasteiger partial charge is 0.287 e. The standard InChI is InChI=1S/C9H11N3O3/c1-6-3-8(12(14)15)4-11-9(6)5-10-7(2)13/h3-4H,5H2,1-2H3,(H,10,13). The van der Waals surface area contributed by atoms with Gasteiger partial charge in [-0.2, -0.15) is 0 Å². The molecule has 0 atom stereocenters. The third kappa shape index (κ3) is 3.01. The number of amides is 1. The zero-order valence-electron chi connectivity index (χ0n) is 8.48. The summed E-state index contributed by atoms with van der Waals surface area (Å²) in [6.07, 6.45) is 1.18. The number of carbonyl (C=O) groups is 1. The summed E-state index contributed by atoms with van der Waals surface area (Å²) in [5.74, 6) is -0.158. The van der Waals surface area contributed by atoms with Gasteiger partial charge in [-0.15, -0.1) is 0 Å². The molecule has 0 spiro atoms. The first-order valence-corrected chi connectivity index (χ1v) is 4.35. The van der Waals surface area contributed by atoms with Crippen LogP contribution in [0.5, 0.6) is 0 Å². The fourth-order valence-electron chi connectivity index (χ4n) is 1.08. The van der Waals surface area contributed by atoms with Crippen molar-refractivity contribution in [3.05, 3.63) is 33.6 Å². The van der Waals surface area contributed by atoms with Crippen LogP contribution in [-0.2, 0) is 11.3 Å². The summed E-state index contributed by atoms with van der Waals surface area (Å²) in [6, 6.07) is 1.43. The first-order chi connectivity index (χ1) is 7.00. The second-order valence-corrected chi connectivity index (χ2v) is 3.12. The molecule has 0 saturated carbocycles. The minimum Gasteiger partial charge on any atom is -0.351 e. The van der Waals surface area contributed by atoms with Crippen LogP contribution in [0, 0.1) is 17.0 Å². The molecule has 6 nitrogen and oxygen atoms in total. The quantitative estimate of drug-likeness (QED) is 0.592. The molecule has 0 fully saturated rings. The number of nitrogens with zero attached hydrogens (tertiary/aromatic N) is 2. The van der Waals surface area contributed by atoms with E-state index in [4.69, 9.17) is 0 Å². The van der Waals surface area contributed by atoms with Crippen LogP contribution in [0.2, 0.25) is 0 Å². The molecule has 0 bridgehead atoms. The van der Waals surface area contributed by atoms with Crippen molar-refractivity contribution in [1.82, 2.24) is 10.3 Å². The van der Waals surface area contributed by atoms with Crippen molar-refractivity contribution < 1.29 is 9.72 Å². The number of nitrogens with one attached hydrogen (secondary N) is 1. The van der Waals surface area contributed by atoms with Gasteiger partial charge < -0.3 is 5.32 Å². The first-order valence-electron chi connectivity index (χ1n) is 4.35. The normalized spacial score (nSPS) is 9.73. The minimum absolute atomic E-state index is 0.0425. The molecule has 1 aromatic heterocycles. The number of hydrogen-bond donors (Lipinski definition) is 1. The Kier molecular flexibility index (Phi) is 3.33. The second-order valence-electron chi connectivity index (χ2n) is 3.12. The van der Waals surface area contributed by atoms with Crippen LogP contribution in [-0.4, -0.2) is 15.8 Å². The van der Waals surface area contributed by atoms with Gasteiger partial charge in [0.1, 0.15) is 6.20 Å². The molecular weight excluding hydrogens is 198 g/mol. The van der Waals surface area contributed by atoms with E-state index in [2.05, 4.69) is 10.3 Å². The van der Waals surface area contributed by atoms with E-state index < -0.39 is 4.92 Å². The van der Waals surface area contributed by atoms with Crippen LogP contribution >= 0.6 is 0 Å². The predicted octanol–water partition coefficient (Wildman–Crippen LogP) is 0.934. The Balaban J connectivity index is 2.83. The Hall–Kier alpha value is -1.98. The number of nitro groups is 1. The molecule has 1 amide bonds. The van der Waals surface area contributed by atoms with Gasteiger partial charge in [-0.1, -0.05) is 0 Å². The number of aryl methyl sites for hydroxylation is 1. The summed E-state index contributed by atoms with van der Waals surface area (Å²) < 4.78 is 0. The number of rotatable bonds is 3. The molecule has 6 heteroatoms. The van der Waals surface area contributed by atoms with Gasteiger partial charge in [-0.05, 0) is 12.5 Å².